The van der Waals surface area contributed by atoms with Gasteiger partial charge in [0.1, 0.15) is 11.6 Å². The first-order valence-corrected chi connectivity index (χ1v) is 8.43. The largest absolute Gasteiger partial charge is 0.489 e. The molecule has 1 heterocycles. The van der Waals surface area contributed by atoms with Gasteiger partial charge in [0.05, 0.1) is 17.4 Å². The Kier molecular flexibility index (Phi) is 5.61. The fraction of sp³-hybridized carbons (Fsp3) is 0.150. The normalized spacial score (nSPS) is 10.5. The molecule has 0 radical (unpaired) electrons. The summed E-state index contributed by atoms with van der Waals surface area (Å²) in [7, 11) is 0. The van der Waals surface area contributed by atoms with Gasteiger partial charge in [0.2, 0.25) is 5.95 Å². The summed E-state index contributed by atoms with van der Waals surface area (Å²) in [6, 6.07) is 13.0. The van der Waals surface area contributed by atoms with Crippen LogP contribution in [0.1, 0.15) is 24.2 Å². The Balaban J connectivity index is 1.68. The van der Waals surface area contributed by atoms with E-state index in [9.17, 15) is 9.18 Å². The highest BCUT2D eigenvalue weighted by Crippen LogP contribution is 2.26. The van der Waals surface area contributed by atoms with E-state index >= 15 is 0 Å². The number of benzene rings is 2. The van der Waals surface area contributed by atoms with E-state index in [0.29, 0.717) is 17.4 Å². The number of ether oxygens (including phenoxy) is 1. The summed E-state index contributed by atoms with van der Waals surface area (Å²) in [4.78, 5) is 20.6. The standard InChI is InChI=1S/C20H19FN4O2/c1-13(2)27-18-6-4-3-5-17(18)25-20-22-11-14(12-23-20)19(26)24-16-9-7-15(21)8-10-16/h3-13H,1-2H3,(H,24,26)(H,22,23,25). The smallest absolute Gasteiger partial charge is 0.258 e. The van der Waals surface area contributed by atoms with Gasteiger partial charge in [-0.2, -0.15) is 0 Å². The summed E-state index contributed by atoms with van der Waals surface area (Å²) < 4.78 is 18.7. The van der Waals surface area contributed by atoms with Crippen molar-refractivity contribution in [3.8, 4) is 5.75 Å². The molecule has 0 aliphatic carbocycles. The molecule has 0 aliphatic heterocycles. The van der Waals surface area contributed by atoms with E-state index < -0.39 is 0 Å². The molecule has 0 fully saturated rings. The number of anilines is 3. The second-order valence-corrected chi connectivity index (χ2v) is 6.04. The van der Waals surface area contributed by atoms with E-state index in [1.54, 1.807) is 0 Å². The van der Waals surface area contributed by atoms with Crippen molar-refractivity contribution in [2.75, 3.05) is 10.6 Å². The molecule has 27 heavy (non-hydrogen) atoms. The molecule has 6 nitrogen and oxygen atoms in total. The van der Waals surface area contributed by atoms with Crippen molar-refractivity contribution in [3.63, 3.8) is 0 Å². The van der Waals surface area contributed by atoms with Crippen molar-refractivity contribution < 1.29 is 13.9 Å². The molecule has 0 aliphatic rings. The van der Waals surface area contributed by atoms with E-state index in [2.05, 4.69) is 20.6 Å². The summed E-state index contributed by atoms with van der Waals surface area (Å²) in [6.07, 6.45) is 2.87. The van der Waals surface area contributed by atoms with Crippen LogP contribution < -0.4 is 15.4 Å². The van der Waals surface area contributed by atoms with Crippen molar-refractivity contribution in [2.24, 2.45) is 0 Å². The lowest BCUT2D eigenvalue weighted by Crippen LogP contribution is -2.13. The summed E-state index contributed by atoms with van der Waals surface area (Å²) in [5.41, 5.74) is 1.51. The zero-order chi connectivity index (χ0) is 19.2. The van der Waals surface area contributed by atoms with Crippen LogP contribution in [0.2, 0.25) is 0 Å². The molecule has 1 amide bonds. The fourth-order valence-electron chi connectivity index (χ4n) is 2.29. The summed E-state index contributed by atoms with van der Waals surface area (Å²) >= 11 is 0. The molecule has 7 heteroatoms. The molecule has 0 saturated carbocycles. The summed E-state index contributed by atoms with van der Waals surface area (Å²) in [6.45, 7) is 3.89. The second-order valence-electron chi connectivity index (χ2n) is 6.04. The van der Waals surface area contributed by atoms with Gasteiger partial charge in [0.15, 0.2) is 0 Å². The molecule has 0 unspecified atom stereocenters. The van der Waals surface area contributed by atoms with Crippen LogP contribution in [0.15, 0.2) is 60.9 Å². The number of hydrogen-bond acceptors (Lipinski definition) is 5. The Morgan fingerprint density at radius 2 is 1.70 bits per heavy atom. The molecule has 3 aromatic rings. The van der Waals surface area contributed by atoms with Gasteiger partial charge in [-0.3, -0.25) is 4.79 Å². The quantitative estimate of drug-likeness (QED) is 0.676. The minimum atomic E-state index is -0.378. The van der Waals surface area contributed by atoms with E-state index in [0.717, 1.165) is 5.69 Å². The van der Waals surface area contributed by atoms with Crippen molar-refractivity contribution in [3.05, 3.63) is 72.3 Å². The molecule has 0 bridgehead atoms. The van der Waals surface area contributed by atoms with Gasteiger partial charge in [0.25, 0.3) is 5.91 Å². The molecule has 2 N–H and O–H groups in total. The molecular formula is C20H19FN4O2. The Morgan fingerprint density at radius 1 is 1.04 bits per heavy atom. The van der Waals surface area contributed by atoms with Gasteiger partial charge in [0, 0.05) is 18.1 Å². The Morgan fingerprint density at radius 3 is 2.37 bits per heavy atom. The average molecular weight is 366 g/mol. The Bertz CT molecular complexity index is 912. The monoisotopic (exact) mass is 366 g/mol. The lowest BCUT2D eigenvalue weighted by atomic mass is 10.2. The first-order valence-electron chi connectivity index (χ1n) is 8.43. The first-order chi connectivity index (χ1) is 13.0. The number of para-hydroxylation sites is 2. The molecule has 0 saturated heterocycles. The van der Waals surface area contributed by atoms with E-state index in [1.807, 2.05) is 38.1 Å². The SMILES string of the molecule is CC(C)Oc1ccccc1Nc1ncc(C(=O)Nc2ccc(F)cc2)cn1. The molecule has 0 spiro atoms. The highest BCUT2D eigenvalue weighted by Gasteiger charge is 2.10. The third kappa shape index (κ3) is 5.01. The van der Waals surface area contributed by atoms with Crippen LogP contribution >= 0.6 is 0 Å². The maximum Gasteiger partial charge on any atom is 0.258 e. The van der Waals surface area contributed by atoms with E-state index in [1.165, 1.54) is 36.7 Å². The van der Waals surface area contributed by atoms with Gasteiger partial charge in [-0.1, -0.05) is 12.1 Å². The van der Waals surface area contributed by atoms with Crippen LogP contribution in [-0.2, 0) is 0 Å². The fourth-order valence-corrected chi connectivity index (χ4v) is 2.29. The van der Waals surface area contributed by atoms with Crippen LogP contribution in [0, 0.1) is 5.82 Å². The predicted molar refractivity (Wildman–Crippen MR) is 102 cm³/mol. The molecule has 3 rings (SSSR count). The van der Waals surface area contributed by atoms with Crippen LogP contribution in [0.3, 0.4) is 0 Å². The lowest BCUT2D eigenvalue weighted by molar-refractivity contribution is 0.102. The molecule has 2 aromatic carbocycles. The summed E-state index contributed by atoms with van der Waals surface area (Å²) in [5, 5.41) is 5.74. The highest BCUT2D eigenvalue weighted by atomic mass is 19.1. The van der Waals surface area contributed by atoms with Gasteiger partial charge in [-0.25, -0.2) is 14.4 Å². The molecule has 1 aromatic heterocycles. The number of rotatable bonds is 6. The molecule has 138 valence electrons. The molecular weight excluding hydrogens is 347 g/mol. The number of hydrogen-bond donors (Lipinski definition) is 2. The van der Waals surface area contributed by atoms with Crippen molar-refractivity contribution >= 4 is 23.2 Å². The van der Waals surface area contributed by atoms with E-state index in [-0.39, 0.29) is 23.4 Å². The molecule has 0 atom stereocenters. The minimum absolute atomic E-state index is 0.0337. The third-order valence-electron chi connectivity index (χ3n) is 3.51. The highest BCUT2D eigenvalue weighted by molar-refractivity contribution is 6.03. The van der Waals surface area contributed by atoms with E-state index in [4.69, 9.17) is 4.74 Å². The zero-order valence-corrected chi connectivity index (χ0v) is 14.9. The maximum absolute atomic E-state index is 12.9. The number of carbonyl (C=O) groups excluding carboxylic acids is 1. The average Bonchev–Trinajstić information content (AvgIpc) is 2.65. The van der Waals surface area contributed by atoms with Crippen molar-refractivity contribution in [2.45, 2.75) is 20.0 Å². The second kappa shape index (κ2) is 8.27. The van der Waals surface area contributed by atoms with Crippen molar-refractivity contribution in [1.29, 1.82) is 0 Å². The lowest BCUT2D eigenvalue weighted by Gasteiger charge is -2.14. The van der Waals surface area contributed by atoms with Gasteiger partial charge in [-0.15, -0.1) is 0 Å². The van der Waals surface area contributed by atoms with Crippen LogP contribution in [0.25, 0.3) is 0 Å². The number of halogens is 1. The van der Waals surface area contributed by atoms with Crippen molar-refractivity contribution in [1.82, 2.24) is 9.97 Å². The number of aromatic nitrogens is 2. The third-order valence-corrected chi connectivity index (χ3v) is 3.51. The number of amides is 1. The predicted octanol–water partition coefficient (Wildman–Crippen LogP) is 4.40. The van der Waals surface area contributed by atoms with Crippen LogP contribution in [0.5, 0.6) is 5.75 Å². The van der Waals surface area contributed by atoms with Crippen LogP contribution in [0.4, 0.5) is 21.7 Å². The van der Waals surface area contributed by atoms with Gasteiger partial charge >= 0.3 is 0 Å². The number of carbonyl (C=O) groups is 1. The number of nitrogens with one attached hydrogen (secondary N) is 2. The van der Waals surface area contributed by atoms with Crippen LogP contribution in [-0.4, -0.2) is 22.0 Å². The summed E-state index contributed by atoms with van der Waals surface area (Å²) in [5.74, 6) is 0.285. The number of nitrogens with zero attached hydrogens (tertiary/aromatic N) is 2. The van der Waals surface area contributed by atoms with Gasteiger partial charge < -0.3 is 15.4 Å². The maximum atomic E-state index is 12.9. The minimum Gasteiger partial charge on any atom is -0.489 e. The first kappa shape index (κ1) is 18.3. The van der Waals surface area contributed by atoms with Gasteiger partial charge in [-0.05, 0) is 50.2 Å². The zero-order valence-electron chi connectivity index (χ0n) is 14.9. The Labute approximate surface area is 156 Å². The Hall–Kier alpha value is -3.48. The topological polar surface area (TPSA) is 76.1 Å².